The average molecular weight is 325 g/mol. The van der Waals surface area contributed by atoms with Crippen molar-refractivity contribution in [2.75, 3.05) is 19.6 Å². The lowest BCUT2D eigenvalue weighted by molar-refractivity contribution is 0.0767. The fraction of sp³-hybridized carbons (Fsp3) is 0.316. The van der Waals surface area contributed by atoms with E-state index in [1.54, 1.807) is 23.1 Å². The Balaban J connectivity index is 1.97. The highest BCUT2D eigenvalue weighted by atomic mass is 16.2. The summed E-state index contributed by atoms with van der Waals surface area (Å²) < 4.78 is 0. The van der Waals surface area contributed by atoms with E-state index in [2.05, 4.69) is 10.3 Å². The molecule has 0 aliphatic carbocycles. The van der Waals surface area contributed by atoms with E-state index in [0.29, 0.717) is 25.3 Å². The molecule has 0 fully saturated rings. The molecule has 0 saturated carbocycles. The maximum atomic E-state index is 12.3. The first-order chi connectivity index (χ1) is 11.7. The highest BCUT2D eigenvalue weighted by molar-refractivity contribution is 5.96. The summed E-state index contributed by atoms with van der Waals surface area (Å²) >= 11 is 0. The summed E-state index contributed by atoms with van der Waals surface area (Å²) in [5.74, 6) is -0.418. The minimum absolute atomic E-state index is 0.154. The van der Waals surface area contributed by atoms with Gasteiger partial charge in [0, 0.05) is 19.6 Å². The molecule has 5 nitrogen and oxygen atoms in total. The van der Waals surface area contributed by atoms with Crippen molar-refractivity contribution in [3.63, 3.8) is 0 Å². The predicted molar refractivity (Wildman–Crippen MR) is 94.0 cm³/mol. The third-order valence-electron chi connectivity index (χ3n) is 3.79. The van der Waals surface area contributed by atoms with Gasteiger partial charge < -0.3 is 10.2 Å². The zero-order valence-corrected chi connectivity index (χ0v) is 14.2. The Labute approximate surface area is 142 Å². The lowest BCUT2D eigenvalue weighted by Crippen LogP contribution is -2.32. The van der Waals surface area contributed by atoms with Crippen molar-refractivity contribution in [2.24, 2.45) is 0 Å². The number of hydrogen-bond donors (Lipinski definition) is 1. The highest BCUT2D eigenvalue weighted by Gasteiger charge is 2.16. The number of benzene rings is 1. The summed E-state index contributed by atoms with van der Waals surface area (Å²) in [5, 5.41) is 2.84. The molecule has 0 aliphatic heterocycles. The van der Waals surface area contributed by atoms with Gasteiger partial charge in [0.1, 0.15) is 11.4 Å². The first kappa shape index (κ1) is 17.7. The van der Waals surface area contributed by atoms with Gasteiger partial charge in [-0.15, -0.1) is 0 Å². The van der Waals surface area contributed by atoms with Crippen LogP contribution in [-0.2, 0) is 6.42 Å². The molecule has 2 amide bonds. The lowest BCUT2D eigenvalue weighted by Gasteiger charge is -2.18. The van der Waals surface area contributed by atoms with Crippen LogP contribution in [0.1, 0.15) is 40.4 Å². The van der Waals surface area contributed by atoms with Gasteiger partial charge in [0.2, 0.25) is 0 Å². The lowest BCUT2D eigenvalue weighted by atomic mass is 10.1. The van der Waals surface area contributed by atoms with Gasteiger partial charge in [-0.05, 0) is 38.0 Å². The highest BCUT2D eigenvalue weighted by Crippen LogP contribution is 2.05. The minimum atomic E-state index is -0.264. The summed E-state index contributed by atoms with van der Waals surface area (Å²) in [4.78, 5) is 30.4. The third kappa shape index (κ3) is 4.65. The second kappa shape index (κ2) is 8.82. The summed E-state index contributed by atoms with van der Waals surface area (Å²) in [5.41, 5.74) is 1.73. The molecule has 1 aromatic heterocycles. The molecule has 1 N–H and O–H groups in total. The molecule has 0 atom stereocenters. The molecular formula is C19H23N3O2. The van der Waals surface area contributed by atoms with E-state index in [1.165, 1.54) is 0 Å². The molecular weight excluding hydrogens is 302 g/mol. The maximum absolute atomic E-state index is 12.3. The first-order valence-electron chi connectivity index (χ1n) is 8.24. The number of nitrogens with zero attached hydrogens (tertiary/aromatic N) is 2. The molecule has 5 heteroatoms. The van der Waals surface area contributed by atoms with Gasteiger partial charge in [0.05, 0.1) is 0 Å². The molecule has 0 bridgehead atoms. The molecule has 0 spiro atoms. The van der Waals surface area contributed by atoms with Crippen LogP contribution in [0.4, 0.5) is 0 Å². The summed E-state index contributed by atoms with van der Waals surface area (Å²) in [6.45, 7) is 5.59. The molecule has 0 saturated heterocycles. The van der Waals surface area contributed by atoms with Crippen LogP contribution in [0, 0.1) is 0 Å². The quantitative estimate of drug-likeness (QED) is 0.851. The largest absolute Gasteiger partial charge is 0.350 e. The van der Waals surface area contributed by atoms with Gasteiger partial charge in [-0.25, -0.2) is 4.98 Å². The average Bonchev–Trinajstić information content (AvgIpc) is 2.63. The van der Waals surface area contributed by atoms with Crippen LogP contribution in [0.2, 0.25) is 0 Å². The number of hydrogen-bond acceptors (Lipinski definition) is 3. The van der Waals surface area contributed by atoms with Gasteiger partial charge in [-0.2, -0.15) is 0 Å². The van der Waals surface area contributed by atoms with Gasteiger partial charge in [-0.3, -0.25) is 9.59 Å². The second-order valence-electron chi connectivity index (χ2n) is 5.38. The second-order valence-corrected chi connectivity index (χ2v) is 5.38. The molecule has 1 heterocycles. The van der Waals surface area contributed by atoms with Crippen molar-refractivity contribution in [2.45, 2.75) is 20.3 Å². The van der Waals surface area contributed by atoms with Crippen LogP contribution in [0.25, 0.3) is 0 Å². The fourth-order valence-electron chi connectivity index (χ4n) is 2.41. The molecule has 0 radical (unpaired) electrons. The van der Waals surface area contributed by atoms with Crippen LogP contribution < -0.4 is 5.32 Å². The van der Waals surface area contributed by atoms with Crippen molar-refractivity contribution >= 4 is 11.8 Å². The van der Waals surface area contributed by atoms with Gasteiger partial charge >= 0.3 is 0 Å². The van der Waals surface area contributed by atoms with Gasteiger partial charge in [0.15, 0.2) is 0 Å². The van der Waals surface area contributed by atoms with Crippen LogP contribution in [0.3, 0.4) is 0 Å². The first-order valence-corrected chi connectivity index (χ1v) is 8.24. The SMILES string of the molecule is CCN(CC)C(=O)c1cccc(C(=O)NCCc2ccccc2)n1. The number of nitrogens with one attached hydrogen (secondary N) is 1. The van der Waals surface area contributed by atoms with E-state index < -0.39 is 0 Å². The van der Waals surface area contributed by atoms with Crippen molar-refractivity contribution in [3.8, 4) is 0 Å². The molecule has 1 aromatic carbocycles. The van der Waals surface area contributed by atoms with Crippen LogP contribution in [-0.4, -0.2) is 41.3 Å². The number of carbonyl (C=O) groups is 2. The maximum Gasteiger partial charge on any atom is 0.272 e. The Morgan fingerprint density at radius 3 is 2.29 bits per heavy atom. The number of carbonyl (C=O) groups excluding carboxylic acids is 2. The van der Waals surface area contributed by atoms with E-state index in [4.69, 9.17) is 0 Å². The number of amides is 2. The summed E-state index contributed by atoms with van der Waals surface area (Å²) in [6.07, 6.45) is 0.755. The summed E-state index contributed by atoms with van der Waals surface area (Å²) in [7, 11) is 0. The van der Waals surface area contributed by atoms with Crippen molar-refractivity contribution in [3.05, 3.63) is 65.5 Å². The van der Waals surface area contributed by atoms with Crippen molar-refractivity contribution in [1.29, 1.82) is 0 Å². The standard InChI is InChI=1S/C19H23N3O2/c1-3-22(4-2)19(24)17-12-8-11-16(21-17)18(23)20-14-13-15-9-6-5-7-10-15/h5-12H,3-4,13-14H2,1-2H3,(H,20,23). The Kier molecular flexibility index (Phi) is 6.49. The molecule has 24 heavy (non-hydrogen) atoms. The van der Waals surface area contributed by atoms with E-state index >= 15 is 0 Å². The molecule has 2 rings (SSSR count). The Bertz CT molecular complexity index is 682. The Morgan fingerprint density at radius 2 is 1.62 bits per heavy atom. The number of aromatic nitrogens is 1. The molecule has 0 aliphatic rings. The topological polar surface area (TPSA) is 62.3 Å². The van der Waals surface area contributed by atoms with E-state index in [9.17, 15) is 9.59 Å². The van der Waals surface area contributed by atoms with Gasteiger partial charge in [-0.1, -0.05) is 36.4 Å². The fourth-order valence-corrected chi connectivity index (χ4v) is 2.41. The molecule has 126 valence electrons. The number of rotatable bonds is 7. The Morgan fingerprint density at radius 1 is 0.958 bits per heavy atom. The monoisotopic (exact) mass is 325 g/mol. The minimum Gasteiger partial charge on any atom is -0.350 e. The van der Waals surface area contributed by atoms with E-state index in [0.717, 1.165) is 12.0 Å². The molecule has 2 aromatic rings. The van der Waals surface area contributed by atoms with Crippen LogP contribution >= 0.6 is 0 Å². The van der Waals surface area contributed by atoms with Gasteiger partial charge in [0.25, 0.3) is 11.8 Å². The van der Waals surface area contributed by atoms with Crippen LogP contribution in [0.5, 0.6) is 0 Å². The van der Waals surface area contributed by atoms with Crippen LogP contribution in [0.15, 0.2) is 48.5 Å². The zero-order valence-electron chi connectivity index (χ0n) is 14.2. The smallest absolute Gasteiger partial charge is 0.272 e. The van der Waals surface area contributed by atoms with E-state index in [-0.39, 0.29) is 17.5 Å². The number of pyridine rings is 1. The van der Waals surface area contributed by atoms with Crippen molar-refractivity contribution < 1.29 is 9.59 Å². The summed E-state index contributed by atoms with van der Waals surface area (Å²) in [6, 6.07) is 14.9. The normalized spacial score (nSPS) is 10.2. The van der Waals surface area contributed by atoms with Crippen molar-refractivity contribution in [1.82, 2.24) is 15.2 Å². The Hall–Kier alpha value is -2.69. The molecule has 0 unspecified atom stereocenters. The zero-order chi connectivity index (χ0) is 17.4. The predicted octanol–water partition coefficient (Wildman–Crippen LogP) is 2.54. The third-order valence-corrected chi connectivity index (χ3v) is 3.79. The van der Waals surface area contributed by atoms with E-state index in [1.807, 2.05) is 44.2 Å².